The van der Waals surface area contributed by atoms with Crippen molar-refractivity contribution in [3.8, 4) is 40.6 Å². The maximum Gasteiger partial charge on any atom is 0.280 e. The standard InChI is InChI=1S/C26H22N6O5S/c1-16(2)18-9-10-22(29-15-18)38(33,34)32-25-23(37-21-8-6-5-7-20(21)35-3)26(36-4)31-24(30-25)17-11-12-28-19(13-17)14-27/h5-13,15H,1H2,2-4H3,(H,30,31,32). The van der Waals surface area contributed by atoms with Crippen LogP contribution in [-0.4, -0.2) is 42.6 Å². The van der Waals surface area contributed by atoms with E-state index in [0.29, 0.717) is 16.9 Å². The van der Waals surface area contributed by atoms with Gasteiger partial charge in [0.2, 0.25) is 5.75 Å². The molecular formula is C26H22N6O5S. The highest BCUT2D eigenvalue weighted by Crippen LogP contribution is 2.41. The second-order valence-corrected chi connectivity index (χ2v) is 9.43. The highest BCUT2D eigenvalue weighted by atomic mass is 32.2. The van der Waals surface area contributed by atoms with E-state index in [0.717, 1.165) is 5.57 Å². The predicted molar refractivity (Wildman–Crippen MR) is 139 cm³/mol. The smallest absolute Gasteiger partial charge is 0.280 e. The number of ether oxygens (including phenoxy) is 3. The topological polar surface area (TPSA) is 149 Å². The largest absolute Gasteiger partial charge is 0.493 e. The number of aromatic nitrogens is 4. The molecule has 0 aliphatic carbocycles. The van der Waals surface area contributed by atoms with Gasteiger partial charge in [0.1, 0.15) is 11.8 Å². The fourth-order valence-electron chi connectivity index (χ4n) is 3.27. The van der Waals surface area contributed by atoms with E-state index < -0.39 is 10.0 Å². The summed E-state index contributed by atoms with van der Waals surface area (Å²) in [4.78, 5) is 16.8. The number of nitrogens with one attached hydrogen (secondary N) is 1. The number of anilines is 1. The van der Waals surface area contributed by atoms with Gasteiger partial charge in [0, 0.05) is 18.0 Å². The molecule has 11 nitrogen and oxygen atoms in total. The number of sulfonamides is 1. The molecule has 0 atom stereocenters. The van der Waals surface area contributed by atoms with E-state index in [2.05, 4.69) is 31.2 Å². The van der Waals surface area contributed by atoms with Crippen molar-refractivity contribution in [2.45, 2.75) is 11.9 Å². The first kappa shape index (κ1) is 26.1. The van der Waals surface area contributed by atoms with Crippen LogP contribution in [0.25, 0.3) is 17.0 Å². The van der Waals surface area contributed by atoms with Gasteiger partial charge < -0.3 is 14.2 Å². The molecule has 1 N–H and O–H groups in total. The van der Waals surface area contributed by atoms with Crippen molar-refractivity contribution in [2.24, 2.45) is 0 Å². The number of hydrogen-bond acceptors (Lipinski definition) is 10. The second-order valence-electron chi connectivity index (χ2n) is 7.80. The van der Waals surface area contributed by atoms with Gasteiger partial charge in [-0.2, -0.15) is 18.7 Å². The Morgan fingerprint density at radius 1 is 1.03 bits per heavy atom. The molecule has 0 radical (unpaired) electrons. The quantitative estimate of drug-likeness (QED) is 0.329. The Morgan fingerprint density at radius 2 is 1.79 bits per heavy atom. The minimum absolute atomic E-state index is 0.0661. The van der Waals surface area contributed by atoms with Crippen LogP contribution in [0.3, 0.4) is 0 Å². The fraction of sp³-hybridized carbons (Fsp3) is 0.115. The van der Waals surface area contributed by atoms with Crippen molar-refractivity contribution in [3.05, 3.63) is 78.8 Å². The molecule has 4 aromatic rings. The molecule has 0 unspecified atom stereocenters. The number of methoxy groups -OCH3 is 2. The zero-order chi connectivity index (χ0) is 27.3. The Labute approximate surface area is 219 Å². The first-order valence-electron chi connectivity index (χ1n) is 11.0. The number of benzene rings is 1. The summed E-state index contributed by atoms with van der Waals surface area (Å²) in [7, 11) is -1.41. The summed E-state index contributed by atoms with van der Waals surface area (Å²) in [6.45, 7) is 5.62. The molecule has 0 saturated carbocycles. The van der Waals surface area contributed by atoms with Gasteiger partial charge in [-0.3, -0.25) is 4.72 Å². The van der Waals surface area contributed by atoms with Crippen LogP contribution in [0, 0.1) is 11.3 Å². The van der Waals surface area contributed by atoms with Gasteiger partial charge in [0.25, 0.3) is 15.9 Å². The molecule has 0 amide bonds. The lowest BCUT2D eigenvalue weighted by Crippen LogP contribution is -2.17. The van der Waals surface area contributed by atoms with Crippen LogP contribution in [0.5, 0.6) is 23.1 Å². The average Bonchev–Trinajstić information content (AvgIpc) is 2.94. The van der Waals surface area contributed by atoms with Crippen LogP contribution in [-0.2, 0) is 10.0 Å². The molecule has 4 rings (SSSR count). The Bertz CT molecular complexity index is 1650. The van der Waals surface area contributed by atoms with E-state index >= 15 is 0 Å². The van der Waals surface area contributed by atoms with Crippen molar-refractivity contribution in [1.82, 2.24) is 19.9 Å². The lowest BCUT2D eigenvalue weighted by molar-refractivity contribution is 0.348. The lowest BCUT2D eigenvalue weighted by atomic mass is 10.2. The fourth-order valence-corrected chi connectivity index (χ4v) is 4.21. The van der Waals surface area contributed by atoms with Crippen molar-refractivity contribution in [1.29, 1.82) is 5.26 Å². The van der Waals surface area contributed by atoms with Crippen molar-refractivity contribution >= 4 is 21.4 Å². The highest BCUT2D eigenvalue weighted by Gasteiger charge is 2.25. The number of hydrogen-bond donors (Lipinski definition) is 1. The van der Waals surface area contributed by atoms with Crippen LogP contribution in [0.1, 0.15) is 18.2 Å². The van der Waals surface area contributed by atoms with Gasteiger partial charge in [-0.25, -0.2) is 15.0 Å². The van der Waals surface area contributed by atoms with Gasteiger partial charge >= 0.3 is 0 Å². The maximum atomic E-state index is 13.3. The average molecular weight is 531 g/mol. The minimum Gasteiger partial charge on any atom is -0.493 e. The van der Waals surface area contributed by atoms with Crippen LogP contribution in [0.4, 0.5) is 5.82 Å². The lowest BCUT2D eigenvalue weighted by Gasteiger charge is -2.17. The van der Waals surface area contributed by atoms with Gasteiger partial charge in [0.15, 0.2) is 28.2 Å². The number of pyridine rings is 2. The van der Waals surface area contributed by atoms with E-state index in [9.17, 15) is 13.7 Å². The van der Waals surface area contributed by atoms with Gasteiger partial charge in [-0.05, 0) is 48.4 Å². The Kier molecular flexibility index (Phi) is 7.50. The summed E-state index contributed by atoms with van der Waals surface area (Å²) in [6, 6.07) is 14.7. The zero-order valence-electron chi connectivity index (χ0n) is 20.7. The molecule has 0 fully saturated rings. The van der Waals surface area contributed by atoms with E-state index in [1.807, 2.05) is 6.07 Å². The molecule has 3 heterocycles. The summed E-state index contributed by atoms with van der Waals surface area (Å²) in [6.07, 6.45) is 2.83. The SMILES string of the molecule is C=C(C)c1ccc(S(=O)(=O)Nc2nc(-c3ccnc(C#N)c3)nc(OC)c2Oc2ccccc2OC)nc1. The van der Waals surface area contributed by atoms with Crippen LogP contribution in [0.15, 0.2) is 72.5 Å². The second kappa shape index (κ2) is 10.9. The molecule has 3 aromatic heterocycles. The number of allylic oxidation sites excluding steroid dienone is 1. The van der Waals surface area contributed by atoms with Gasteiger partial charge in [0.05, 0.1) is 14.2 Å². The van der Waals surface area contributed by atoms with Gasteiger partial charge in [-0.1, -0.05) is 24.8 Å². The molecule has 0 bridgehead atoms. The summed E-state index contributed by atoms with van der Waals surface area (Å²) in [5.74, 6) is 0.314. The van der Waals surface area contributed by atoms with E-state index in [-0.39, 0.29) is 39.7 Å². The Balaban J connectivity index is 1.86. The maximum absolute atomic E-state index is 13.3. The molecule has 192 valence electrons. The van der Waals surface area contributed by atoms with Crippen molar-refractivity contribution < 1.29 is 22.6 Å². The Morgan fingerprint density at radius 3 is 2.42 bits per heavy atom. The molecule has 0 saturated heterocycles. The predicted octanol–water partition coefficient (Wildman–Crippen LogP) is 4.45. The van der Waals surface area contributed by atoms with E-state index in [1.54, 1.807) is 43.3 Å². The van der Waals surface area contributed by atoms with Gasteiger partial charge in [-0.15, -0.1) is 0 Å². The molecule has 12 heteroatoms. The number of rotatable bonds is 9. The van der Waals surface area contributed by atoms with E-state index in [4.69, 9.17) is 14.2 Å². The summed E-state index contributed by atoms with van der Waals surface area (Å²) >= 11 is 0. The summed E-state index contributed by atoms with van der Waals surface area (Å²) < 4.78 is 45.9. The molecular weight excluding hydrogens is 508 g/mol. The third-order valence-corrected chi connectivity index (χ3v) is 6.43. The third-order valence-electron chi connectivity index (χ3n) is 5.18. The first-order chi connectivity index (χ1) is 18.2. The van der Waals surface area contributed by atoms with Crippen LogP contribution < -0.4 is 18.9 Å². The van der Waals surface area contributed by atoms with E-state index in [1.165, 1.54) is 38.7 Å². The Hall–Kier alpha value is -5.02. The van der Waals surface area contributed by atoms with Crippen LogP contribution in [0.2, 0.25) is 0 Å². The molecule has 0 spiro atoms. The summed E-state index contributed by atoms with van der Waals surface area (Å²) in [5.41, 5.74) is 1.97. The molecule has 0 aliphatic rings. The first-order valence-corrected chi connectivity index (χ1v) is 12.5. The van der Waals surface area contributed by atoms with Crippen molar-refractivity contribution in [2.75, 3.05) is 18.9 Å². The zero-order valence-corrected chi connectivity index (χ0v) is 21.5. The number of nitriles is 1. The summed E-state index contributed by atoms with van der Waals surface area (Å²) in [5, 5.41) is 8.99. The molecule has 0 aliphatic heterocycles. The molecule has 1 aromatic carbocycles. The number of nitrogens with zero attached hydrogens (tertiary/aromatic N) is 5. The number of para-hydroxylation sites is 2. The highest BCUT2D eigenvalue weighted by molar-refractivity contribution is 7.92. The molecule has 38 heavy (non-hydrogen) atoms. The minimum atomic E-state index is -4.24. The normalized spacial score (nSPS) is 10.8. The monoisotopic (exact) mass is 530 g/mol. The van der Waals surface area contributed by atoms with Crippen LogP contribution >= 0.6 is 0 Å². The third kappa shape index (κ3) is 5.53. The van der Waals surface area contributed by atoms with Crippen molar-refractivity contribution in [3.63, 3.8) is 0 Å².